The number of anilines is 1. The fraction of sp³-hybridized carbons (Fsp3) is 0.450. The standard InChI is InChI=1S/C20H26N4O2/c1-26-18-10-6-5-7-15(18)11-12-21-20(25)17-13-23-19(14-22-17)24-16-8-3-2-4-9-16/h5-7,10,13-14,16H,2-4,8-9,11-12H2,1H3,(H,21,25)(H,23,24). The van der Waals surface area contributed by atoms with Crippen molar-refractivity contribution in [3.05, 3.63) is 47.9 Å². The Morgan fingerprint density at radius 1 is 1.15 bits per heavy atom. The van der Waals surface area contributed by atoms with Gasteiger partial charge in [0.05, 0.1) is 19.5 Å². The molecule has 6 nitrogen and oxygen atoms in total. The molecule has 0 radical (unpaired) electrons. The smallest absolute Gasteiger partial charge is 0.271 e. The van der Waals surface area contributed by atoms with E-state index in [1.165, 1.54) is 38.3 Å². The van der Waals surface area contributed by atoms with Crippen molar-refractivity contribution >= 4 is 11.7 Å². The number of hydrogen-bond acceptors (Lipinski definition) is 5. The number of methoxy groups -OCH3 is 1. The molecule has 1 aromatic heterocycles. The molecular weight excluding hydrogens is 328 g/mol. The second kappa shape index (κ2) is 9.17. The molecule has 1 aliphatic carbocycles. The highest BCUT2D eigenvalue weighted by Gasteiger charge is 2.14. The van der Waals surface area contributed by atoms with Gasteiger partial charge in [-0.3, -0.25) is 4.79 Å². The fourth-order valence-electron chi connectivity index (χ4n) is 3.29. The summed E-state index contributed by atoms with van der Waals surface area (Å²) in [4.78, 5) is 20.8. The van der Waals surface area contributed by atoms with Crippen LogP contribution in [0.1, 0.15) is 48.2 Å². The van der Waals surface area contributed by atoms with E-state index in [9.17, 15) is 4.79 Å². The molecule has 26 heavy (non-hydrogen) atoms. The number of ether oxygens (including phenoxy) is 1. The first-order valence-corrected chi connectivity index (χ1v) is 9.25. The van der Waals surface area contributed by atoms with Crippen LogP contribution in [0.2, 0.25) is 0 Å². The molecule has 0 spiro atoms. The van der Waals surface area contributed by atoms with E-state index in [2.05, 4.69) is 20.6 Å². The van der Waals surface area contributed by atoms with E-state index in [1.54, 1.807) is 13.3 Å². The predicted molar refractivity (Wildman–Crippen MR) is 102 cm³/mol. The molecule has 0 saturated heterocycles. The van der Waals surface area contributed by atoms with Crippen molar-refractivity contribution < 1.29 is 9.53 Å². The van der Waals surface area contributed by atoms with E-state index < -0.39 is 0 Å². The van der Waals surface area contributed by atoms with Gasteiger partial charge in [0.1, 0.15) is 17.3 Å². The molecule has 6 heteroatoms. The summed E-state index contributed by atoms with van der Waals surface area (Å²) in [6.45, 7) is 0.517. The van der Waals surface area contributed by atoms with Gasteiger partial charge < -0.3 is 15.4 Å². The Bertz CT molecular complexity index is 712. The third kappa shape index (κ3) is 4.94. The average molecular weight is 354 g/mol. The molecule has 1 saturated carbocycles. The largest absolute Gasteiger partial charge is 0.496 e. The third-order valence-electron chi connectivity index (χ3n) is 4.71. The first-order valence-electron chi connectivity index (χ1n) is 9.25. The van der Waals surface area contributed by atoms with Crippen LogP contribution in [0.25, 0.3) is 0 Å². The molecule has 2 aromatic rings. The van der Waals surface area contributed by atoms with Gasteiger partial charge in [-0.05, 0) is 30.9 Å². The SMILES string of the molecule is COc1ccccc1CCNC(=O)c1cnc(NC2CCCCC2)cn1. The zero-order chi connectivity index (χ0) is 18.2. The summed E-state index contributed by atoms with van der Waals surface area (Å²) >= 11 is 0. The van der Waals surface area contributed by atoms with Crippen LogP contribution >= 0.6 is 0 Å². The van der Waals surface area contributed by atoms with Gasteiger partial charge >= 0.3 is 0 Å². The Morgan fingerprint density at radius 2 is 1.96 bits per heavy atom. The maximum Gasteiger partial charge on any atom is 0.271 e. The summed E-state index contributed by atoms with van der Waals surface area (Å²) in [6, 6.07) is 8.28. The van der Waals surface area contributed by atoms with Crippen LogP contribution in [0.4, 0.5) is 5.82 Å². The monoisotopic (exact) mass is 354 g/mol. The molecule has 2 N–H and O–H groups in total. The number of carbonyl (C=O) groups is 1. The van der Waals surface area contributed by atoms with Gasteiger partial charge in [0.2, 0.25) is 0 Å². The number of nitrogens with zero attached hydrogens (tertiary/aromatic N) is 2. The summed E-state index contributed by atoms with van der Waals surface area (Å²) in [5.41, 5.74) is 1.40. The number of aromatic nitrogens is 2. The Kier molecular flexibility index (Phi) is 6.41. The van der Waals surface area contributed by atoms with Gasteiger partial charge in [-0.15, -0.1) is 0 Å². The zero-order valence-corrected chi connectivity index (χ0v) is 15.2. The zero-order valence-electron chi connectivity index (χ0n) is 15.2. The van der Waals surface area contributed by atoms with Gasteiger partial charge in [-0.25, -0.2) is 9.97 Å². The number of benzene rings is 1. The minimum absolute atomic E-state index is 0.211. The summed E-state index contributed by atoms with van der Waals surface area (Å²) in [5, 5.41) is 6.29. The van der Waals surface area contributed by atoms with Crippen LogP contribution in [0.15, 0.2) is 36.7 Å². The lowest BCUT2D eigenvalue weighted by Crippen LogP contribution is -2.27. The van der Waals surface area contributed by atoms with Gasteiger partial charge in [0, 0.05) is 12.6 Å². The minimum atomic E-state index is -0.211. The minimum Gasteiger partial charge on any atom is -0.496 e. The van der Waals surface area contributed by atoms with E-state index in [4.69, 9.17) is 4.74 Å². The quantitative estimate of drug-likeness (QED) is 0.798. The van der Waals surface area contributed by atoms with Crippen molar-refractivity contribution in [2.24, 2.45) is 0 Å². The van der Waals surface area contributed by atoms with Gasteiger partial charge in [-0.1, -0.05) is 37.5 Å². The molecule has 1 aliphatic rings. The number of para-hydroxylation sites is 1. The summed E-state index contributed by atoms with van der Waals surface area (Å²) in [7, 11) is 1.65. The number of nitrogens with one attached hydrogen (secondary N) is 2. The normalized spacial score (nSPS) is 14.7. The van der Waals surface area contributed by atoms with Crippen LogP contribution in [0, 0.1) is 0 Å². The van der Waals surface area contributed by atoms with Crippen LogP contribution in [0.3, 0.4) is 0 Å². The van der Waals surface area contributed by atoms with Crippen LogP contribution in [-0.4, -0.2) is 35.6 Å². The Hall–Kier alpha value is -2.63. The molecule has 3 rings (SSSR count). The first kappa shape index (κ1) is 18.2. The highest BCUT2D eigenvalue weighted by atomic mass is 16.5. The van der Waals surface area contributed by atoms with Crippen LogP contribution in [0.5, 0.6) is 5.75 Å². The molecule has 0 unspecified atom stereocenters. The second-order valence-electron chi connectivity index (χ2n) is 6.58. The Morgan fingerprint density at radius 3 is 2.69 bits per heavy atom. The van der Waals surface area contributed by atoms with E-state index >= 15 is 0 Å². The number of amides is 1. The van der Waals surface area contributed by atoms with Crippen LogP contribution in [-0.2, 0) is 6.42 Å². The van der Waals surface area contributed by atoms with E-state index in [-0.39, 0.29) is 5.91 Å². The molecule has 0 atom stereocenters. The van der Waals surface area contributed by atoms with Gasteiger partial charge in [-0.2, -0.15) is 0 Å². The lowest BCUT2D eigenvalue weighted by molar-refractivity contribution is 0.0948. The summed E-state index contributed by atoms with van der Waals surface area (Å²) in [6.07, 6.45) is 10.1. The van der Waals surface area contributed by atoms with Crippen molar-refractivity contribution in [2.75, 3.05) is 19.0 Å². The number of carbonyl (C=O) groups excluding carboxylic acids is 1. The maximum absolute atomic E-state index is 12.2. The highest BCUT2D eigenvalue weighted by Crippen LogP contribution is 2.20. The Balaban J connectivity index is 1.48. The lowest BCUT2D eigenvalue weighted by atomic mass is 9.96. The predicted octanol–water partition coefficient (Wildman–Crippen LogP) is 3.20. The van der Waals surface area contributed by atoms with Crippen LogP contribution < -0.4 is 15.4 Å². The van der Waals surface area contributed by atoms with Crippen molar-refractivity contribution in [3.63, 3.8) is 0 Å². The third-order valence-corrected chi connectivity index (χ3v) is 4.71. The molecule has 1 aromatic carbocycles. The molecular formula is C20H26N4O2. The van der Waals surface area contributed by atoms with E-state index in [0.29, 0.717) is 24.7 Å². The maximum atomic E-state index is 12.2. The van der Waals surface area contributed by atoms with Crippen molar-refractivity contribution in [3.8, 4) is 5.75 Å². The molecule has 1 amide bonds. The molecule has 0 bridgehead atoms. The highest BCUT2D eigenvalue weighted by molar-refractivity contribution is 5.92. The lowest BCUT2D eigenvalue weighted by Gasteiger charge is -2.23. The summed E-state index contributed by atoms with van der Waals surface area (Å²) in [5.74, 6) is 1.36. The summed E-state index contributed by atoms with van der Waals surface area (Å²) < 4.78 is 5.32. The van der Waals surface area contributed by atoms with Gasteiger partial charge in [0.15, 0.2) is 0 Å². The average Bonchev–Trinajstić information content (AvgIpc) is 2.69. The van der Waals surface area contributed by atoms with Crippen molar-refractivity contribution in [2.45, 2.75) is 44.6 Å². The molecule has 0 aliphatic heterocycles. The fourth-order valence-corrected chi connectivity index (χ4v) is 3.29. The van der Waals surface area contributed by atoms with Crippen molar-refractivity contribution in [1.82, 2.24) is 15.3 Å². The Labute approximate surface area is 154 Å². The molecule has 138 valence electrons. The van der Waals surface area contributed by atoms with E-state index in [1.807, 2.05) is 24.3 Å². The molecule has 1 fully saturated rings. The number of rotatable bonds is 7. The molecule has 1 heterocycles. The second-order valence-corrected chi connectivity index (χ2v) is 6.58. The van der Waals surface area contributed by atoms with Gasteiger partial charge in [0.25, 0.3) is 5.91 Å². The topological polar surface area (TPSA) is 76.1 Å². The first-order chi connectivity index (χ1) is 12.8. The van der Waals surface area contributed by atoms with Crippen molar-refractivity contribution in [1.29, 1.82) is 0 Å². The number of hydrogen-bond donors (Lipinski definition) is 2. The van der Waals surface area contributed by atoms with E-state index in [0.717, 1.165) is 17.1 Å².